The topological polar surface area (TPSA) is 102 Å². The molecule has 26 heavy (non-hydrogen) atoms. The molecule has 1 atom stereocenters. The van der Waals surface area contributed by atoms with Gasteiger partial charge in [-0.05, 0) is 24.3 Å². The Labute approximate surface area is 148 Å². The number of carbonyl (C=O) groups is 1. The Kier molecular flexibility index (Phi) is 4.13. The molecule has 3 aromatic rings. The molecule has 0 bridgehead atoms. The van der Waals surface area contributed by atoms with Crippen LogP contribution >= 0.6 is 0 Å². The number of aromatic amines is 1. The first kappa shape index (κ1) is 16.3. The van der Waals surface area contributed by atoms with Crippen molar-refractivity contribution >= 4 is 11.8 Å². The van der Waals surface area contributed by atoms with E-state index in [1.165, 1.54) is 11.0 Å². The van der Waals surface area contributed by atoms with E-state index >= 15 is 0 Å². The van der Waals surface area contributed by atoms with Crippen LogP contribution in [0.15, 0.2) is 42.9 Å². The van der Waals surface area contributed by atoms with Crippen molar-refractivity contribution in [2.75, 3.05) is 18.0 Å². The van der Waals surface area contributed by atoms with Crippen LogP contribution in [-0.4, -0.2) is 45.0 Å². The molecular weight excluding hydrogens is 339 g/mol. The summed E-state index contributed by atoms with van der Waals surface area (Å²) in [5.74, 6) is -0.0634. The number of anilines is 1. The van der Waals surface area contributed by atoms with Gasteiger partial charge in [-0.15, -0.1) is 0 Å². The lowest BCUT2D eigenvalue weighted by Crippen LogP contribution is -2.27. The van der Waals surface area contributed by atoms with Gasteiger partial charge < -0.3 is 15.5 Å². The number of hydrogen-bond donors (Lipinski definition) is 2. The average Bonchev–Trinajstić information content (AvgIpc) is 3.36. The lowest BCUT2D eigenvalue weighted by molar-refractivity contribution is 0.145. The molecule has 1 aromatic carbocycles. The third kappa shape index (κ3) is 3.04. The molecule has 0 saturated carbocycles. The van der Waals surface area contributed by atoms with E-state index in [1.54, 1.807) is 29.2 Å². The van der Waals surface area contributed by atoms with Crippen LogP contribution in [0.2, 0.25) is 0 Å². The van der Waals surface area contributed by atoms with Crippen molar-refractivity contribution < 1.29 is 13.9 Å². The quantitative estimate of drug-likeness (QED) is 0.725. The smallest absolute Gasteiger partial charge is 0.414 e. The van der Waals surface area contributed by atoms with Crippen LogP contribution in [0.1, 0.15) is 5.69 Å². The molecule has 1 fully saturated rings. The SMILES string of the molecule is NCC1CN(c2ccc(-c3nc(Cn4cccn4)c[nH]3)c(F)c2)C(=O)O1. The fraction of sp³-hybridized carbons (Fsp3) is 0.235. The van der Waals surface area contributed by atoms with Crippen molar-refractivity contribution in [2.45, 2.75) is 12.6 Å². The predicted molar refractivity (Wildman–Crippen MR) is 92.0 cm³/mol. The molecule has 1 aliphatic rings. The molecule has 2 aromatic heterocycles. The summed E-state index contributed by atoms with van der Waals surface area (Å²) in [4.78, 5) is 20.6. The summed E-state index contributed by atoms with van der Waals surface area (Å²) in [5, 5.41) is 4.12. The second-order valence-electron chi connectivity index (χ2n) is 5.96. The molecule has 1 amide bonds. The Morgan fingerprint density at radius 1 is 1.42 bits per heavy atom. The van der Waals surface area contributed by atoms with E-state index in [0.29, 0.717) is 30.2 Å². The Morgan fingerprint density at radius 2 is 2.31 bits per heavy atom. The summed E-state index contributed by atoms with van der Waals surface area (Å²) < 4.78 is 21.4. The molecule has 1 saturated heterocycles. The summed E-state index contributed by atoms with van der Waals surface area (Å²) in [5.41, 5.74) is 7.01. The van der Waals surface area contributed by atoms with Gasteiger partial charge in [-0.3, -0.25) is 9.58 Å². The molecule has 0 radical (unpaired) electrons. The van der Waals surface area contributed by atoms with E-state index in [9.17, 15) is 9.18 Å². The fourth-order valence-electron chi connectivity index (χ4n) is 2.86. The molecule has 8 nitrogen and oxygen atoms in total. The van der Waals surface area contributed by atoms with Gasteiger partial charge in [0.25, 0.3) is 0 Å². The van der Waals surface area contributed by atoms with Gasteiger partial charge in [0.05, 0.1) is 30.0 Å². The van der Waals surface area contributed by atoms with Crippen molar-refractivity contribution in [3.05, 3.63) is 54.4 Å². The largest absolute Gasteiger partial charge is 0.443 e. The van der Waals surface area contributed by atoms with Crippen LogP contribution < -0.4 is 10.6 Å². The number of nitrogens with one attached hydrogen (secondary N) is 1. The number of rotatable bonds is 5. The third-order valence-electron chi connectivity index (χ3n) is 4.17. The molecular formula is C17H17FN6O2. The monoisotopic (exact) mass is 356 g/mol. The van der Waals surface area contributed by atoms with Gasteiger partial charge in [-0.25, -0.2) is 14.2 Å². The summed E-state index contributed by atoms with van der Waals surface area (Å²) in [7, 11) is 0. The number of nitrogens with zero attached hydrogens (tertiary/aromatic N) is 4. The maximum atomic E-state index is 14.6. The van der Waals surface area contributed by atoms with Gasteiger partial charge in [-0.2, -0.15) is 5.10 Å². The molecule has 1 aliphatic heterocycles. The number of benzene rings is 1. The average molecular weight is 356 g/mol. The zero-order valence-corrected chi connectivity index (χ0v) is 13.8. The number of cyclic esters (lactones) is 1. The first-order valence-electron chi connectivity index (χ1n) is 8.14. The second kappa shape index (κ2) is 6.60. The van der Waals surface area contributed by atoms with E-state index in [4.69, 9.17) is 10.5 Å². The molecule has 3 N–H and O–H groups in total. The number of aromatic nitrogens is 4. The van der Waals surface area contributed by atoms with Crippen LogP contribution in [-0.2, 0) is 11.3 Å². The number of hydrogen-bond acceptors (Lipinski definition) is 5. The lowest BCUT2D eigenvalue weighted by Gasteiger charge is -2.13. The standard InChI is InChI=1S/C17H17FN6O2/c18-15-6-12(24-10-13(7-19)26-17(24)25)2-3-14(15)16-20-8-11(22-16)9-23-5-1-4-21-23/h1-6,8,13H,7,9-10,19H2,(H,20,22). The first-order chi connectivity index (χ1) is 12.6. The number of ether oxygens (including phenoxy) is 1. The summed E-state index contributed by atoms with van der Waals surface area (Å²) in [6.45, 7) is 1.03. The minimum atomic E-state index is -0.521. The van der Waals surface area contributed by atoms with E-state index in [1.807, 2.05) is 12.3 Å². The number of nitrogens with two attached hydrogens (primary N) is 1. The molecule has 0 spiro atoms. The number of H-pyrrole nitrogens is 1. The molecule has 9 heteroatoms. The minimum Gasteiger partial charge on any atom is -0.443 e. The normalized spacial score (nSPS) is 16.9. The highest BCUT2D eigenvalue weighted by atomic mass is 19.1. The van der Waals surface area contributed by atoms with Crippen LogP contribution in [0.3, 0.4) is 0 Å². The van der Waals surface area contributed by atoms with Crippen molar-refractivity contribution in [1.29, 1.82) is 0 Å². The van der Waals surface area contributed by atoms with Crippen molar-refractivity contribution in [3.8, 4) is 11.4 Å². The van der Waals surface area contributed by atoms with Gasteiger partial charge in [0.15, 0.2) is 0 Å². The van der Waals surface area contributed by atoms with Crippen LogP contribution in [0.25, 0.3) is 11.4 Å². The number of imidazole rings is 1. The molecule has 134 valence electrons. The molecule has 1 unspecified atom stereocenters. The van der Waals surface area contributed by atoms with E-state index in [0.717, 1.165) is 5.69 Å². The van der Waals surface area contributed by atoms with Gasteiger partial charge >= 0.3 is 6.09 Å². The minimum absolute atomic E-state index is 0.230. The van der Waals surface area contributed by atoms with E-state index in [2.05, 4.69) is 15.1 Å². The molecule has 0 aliphatic carbocycles. The Morgan fingerprint density at radius 3 is 3.00 bits per heavy atom. The van der Waals surface area contributed by atoms with Crippen molar-refractivity contribution in [1.82, 2.24) is 19.7 Å². The highest BCUT2D eigenvalue weighted by molar-refractivity contribution is 5.90. The molecule has 4 rings (SSSR count). The Bertz CT molecular complexity index is 923. The van der Waals surface area contributed by atoms with Crippen LogP contribution in [0, 0.1) is 5.82 Å². The predicted octanol–water partition coefficient (Wildman–Crippen LogP) is 1.74. The van der Waals surface area contributed by atoms with Crippen molar-refractivity contribution in [2.24, 2.45) is 5.73 Å². The van der Waals surface area contributed by atoms with Crippen LogP contribution in [0.4, 0.5) is 14.9 Å². The van der Waals surface area contributed by atoms with Gasteiger partial charge in [0.2, 0.25) is 0 Å². The lowest BCUT2D eigenvalue weighted by atomic mass is 10.1. The van der Waals surface area contributed by atoms with Gasteiger partial charge in [0, 0.05) is 25.1 Å². The van der Waals surface area contributed by atoms with Gasteiger partial charge in [0.1, 0.15) is 17.7 Å². The summed E-state index contributed by atoms with van der Waals surface area (Å²) in [6, 6.07) is 6.37. The highest BCUT2D eigenvalue weighted by Gasteiger charge is 2.31. The van der Waals surface area contributed by atoms with Crippen LogP contribution in [0.5, 0.6) is 0 Å². The highest BCUT2D eigenvalue weighted by Crippen LogP contribution is 2.27. The second-order valence-corrected chi connectivity index (χ2v) is 5.96. The zero-order chi connectivity index (χ0) is 18.1. The summed E-state index contributed by atoms with van der Waals surface area (Å²) >= 11 is 0. The summed E-state index contributed by atoms with van der Waals surface area (Å²) in [6.07, 6.45) is 4.33. The third-order valence-corrected chi connectivity index (χ3v) is 4.17. The van der Waals surface area contributed by atoms with E-state index in [-0.39, 0.29) is 12.6 Å². The maximum absolute atomic E-state index is 14.6. The van der Waals surface area contributed by atoms with Crippen molar-refractivity contribution in [3.63, 3.8) is 0 Å². The fourth-order valence-corrected chi connectivity index (χ4v) is 2.86. The number of carbonyl (C=O) groups excluding carboxylic acids is 1. The van der Waals surface area contributed by atoms with E-state index < -0.39 is 11.9 Å². The van der Waals surface area contributed by atoms with Gasteiger partial charge in [-0.1, -0.05) is 0 Å². The molecule has 3 heterocycles. The first-order valence-corrected chi connectivity index (χ1v) is 8.14. The maximum Gasteiger partial charge on any atom is 0.414 e. The number of amides is 1. The Hall–Kier alpha value is -3.20. The Balaban J connectivity index is 1.55. The zero-order valence-electron chi connectivity index (χ0n) is 13.8. The number of halogens is 1.